The number of benzene rings is 1. The van der Waals surface area contributed by atoms with Gasteiger partial charge in [0.25, 0.3) is 0 Å². The van der Waals surface area contributed by atoms with Crippen LogP contribution in [0.1, 0.15) is 5.76 Å². The zero-order valence-electron chi connectivity index (χ0n) is 11.0. The van der Waals surface area contributed by atoms with Crippen LogP contribution < -0.4 is 5.32 Å². The Hall–Kier alpha value is -2.14. The van der Waals surface area contributed by atoms with Crippen LogP contribution in [0.3, 0.4) is 0 Å². The second-order valence-electron chi connectivity index (χ2n) is 4.50. The lowest BCUT2D eigenvalue weighted by Crippen LogP contribution is -1.98. The lowest BCUT2D eigenvalue weighted by Gasteiger charge is -2.03. The molecule has 21 heavy (non-hydrogen) atoms. The fourth-order valence-electron chi connectivity index (χ4n) is 1.91. The van der Waals surface area contributed by atoms with Crippen LogP contribution in [0.15, 0.2) is 63.7 Å². The monoisotopic (exact) mass is 346 g/mol. The van der Waals surface area contributed by atoms with Crippen LogP contribution in [-0.2, 0) is 6.54 Å². The maximum absolute atomic E-state index is 12.9. The molecular formula is C16H12BrFN2O. The molecule has 0 amide bonds. The molecule has 0 spiro atoms. The molecule has 0 saturated carbocycles. The van der Waals surface area contributed by atoms with E-state index in [1.807, 2.05) is 24.3 Å². The van der Waals surface area contributed by atoms with Gasteiger partial charge in [0.15, 0.2) is 0 Å². The minimum atomic E-state index is -0.255. The molecule has 1 N–H and O–H groups in total. The van der Waals surface area contributed by atoms with Crippen LogP contribution in [0.5, 0.6) is 0 Å². The molecule has 3 nitrogen and oxygen atoms in total. The van der Waals surface area contributed by atoms with E-state index < -0.39 is 0 Å². The van der Waals surface area contributed by atoms with Crippen molar-refractivity contribution in [1.29, 1.82) is 0 Å². The Morgan fingerprint density at radius 3 is 2.57 bits per heavy atom. The Kier molecular flexibility index (Phi) is 4.01. The molecule has 106 valence electrons. The van der Waals surface area contributed by atoms with Crippen molar-refractivity contribution in [2.75, 3.05) is 5.32 Å². The predicted octanol–water partition coefficient (Wildman–Crippen LogP) is 4.86. The van der Waals surface area contributed by atoms with Crippen LogP contribution in [0.4, 0.5) is 10.1 Å². The van der Waals surface area contributed by atoms with Crippen molar-refractivity contribution >= 4 is 21.6 Å². The minimum Gasteiger partial charge on any atom is -0.459 e. The third kappa shape index (κ3) is 3.49. The van der Waals surface area contributed by atoms with Gasteiger partial charge in [0.2, 0.25) is 0 Å². The summed E-state index contributed by atoms with van der Waals surface area (Å²) in [5, 5.41) is 3.22. The summed E-state index contributed by atoms with van der Waals surface area (Å²) < 4.78 is 19.4. The Balaban J connectivity index is 1.67. The summed E-state index contributed by atoms with van der Waals surface area (Å²) in [6.45, 7) is 0.560. The topological polar surface area (TPSA) is 38.1 Å². The average molecular weight is 347 g/mol. The Labute approximate surface area is 130 Å². The molecule has 2 heterocycles. The van der Waals surface area contributed by atoms with E-state index in [2.05, 4.69) is 26.2 Å². The summed E-state index contributed by atoms with van der Waals surface area (Å²) in [6.07, 6.45) is 1.74. The molecule has 0 bridgehead atoms. The van der Waals surface area contributed by atoms with Crippen LogP contribution in [0.2, 0.25) is 0 Å². The predicted molar refractivity (Wildman–Crippen MR) is 83.4 cm³/mol. The molecule has 0 aliphatic rings. The number of hydrogen-bond donors (Lipinski definition) is 1. The van der Waals surface area contributed by atoms with Gasteiger partial charge >= 0.3 is 0 Å². The van der Waals surface area contributed by atoms with Gasteiger partial charge in [-0.2, -0.15) is 0 Å². The number of nitrogens with one attached hydrogen (secondary N) is 1. The molecule has 0 saturated heterocycles. The van der Waals surface area contributed by atoms with E-state index in [0.29, 0.717) is 6.54 Å². The first-order chi connectivity index (χ1) is 10.2. The van der Waals surface area contributed by atoms with E-state index in [0.717, 1.165) is 27.4 Å². The summed E-state index contributed by atoms with van der Waals surface area (Å²) in [5.74, 6) is 1.27. The quantitative estimate of drug-likeness (QED) is 0.686. The van der Waals surface area contributed by atoms with Crippen molar-refractivity contribution in [3.63, 3.8) is 0 Å². The molecule has 0 radical (unpaired) electrons. The van der Waals surface area contributed by atoms with E-state index in [1.165, 1.54) is 12.1 Å². The van der Waals surface area contributed by atoms with Gasteiger partial charge in [0, 0.05) is 5.56 Å². The molecule has 0 unspecified atom stereocenters. The zero-order chi connectivity index (χ0) is 14.7. The lowest BCUT2D eigenvalue weighted by atomic mass is 10.2. The average Bonchev–Trinajstić information content (AvgIpc) is 2.96. The van der Waals surface area contributed by atoms with E-state index in [9.17, 15) is 4.39 Å². The van der Waals surface area contributed by atoms with Gasteiger partial charge in [-0.05, 0) is 64.5 Å². The van der Waals surface area contributed by atoms with Crippen LogP contribution in [-0.4, -0.2) is 4.98 Å². The van der Waals surface area contributed by atoms with Gasteiger partial charge in [0.1, 0.15) is 21.9 Å². The summed E-state index contributed by atoms with van der Waals surface area (Å²) >= 11 is 3.29. The maximum atomic E-state index is 12.9. The number of anilines is 1. The van der Waals surface area contributed by atoms with Crippen molar-refractivity contribution in [3.05, 3.63) is 70.9 Å². The number of nitrogens with zero attached hydrogens (tertiary/aromatic N) is 1. The first-order valence-electron chi connectivity index (χ1n) is 6.41. The van der Waals surface area contributed by atoms with Gasteiger partial charge in [-0.3, -0.25) is 0 Å². The number of pyridine rings is 1. The van der Waals surface area contributed by atoms with Crippen LogP contribution in [0, 0.1) is 5.82 Å². The van der Waals surface area contributed by atoms with Crippen molar-refractivity contribution < 1.29 is 8.81 Å². The first kappa shape index (κ1) is 13.8. The number of furan rings is 1. The molecular weight excluding hydrogens is 335 g/mol. The highest BCUT2D eigenvalue weighted by molar-refractivity contribution is 9.10. The van der Waals surface area contributed by atoms with E-state index in [-0.39, 0.29) is 5.82 Å². The molecule has 2 aromatic heterocycles. The van der Waals surface area contributed by atoms with Gasteiger partial charge in [0.05, 0.1) is 18.4 Å². The second-order valence-corrected chi connectivity index (χ2v) is 5.31. The summed E-state index contributed by atoms with van der Waals surface area (Å²) in [7, 11) is 0. The Morgan fingerprint density at radius 1 is 1.05 bits per heavy atom. The third-order valence-electron chi connectivity index (χ3n) is 2.98. The number of halogens is 2. The fraction of sp³-hybridized carbons (Fsp3) is 0.0625. The van der Waals surface area contributed by atoms with Crippen molar-refractivity contribution in [1.82, 2.24) is 4.98 Å². The standard InChI is InChI=1S/C16H12BrFN2O/c17-16-8-5-13(9-20-16)19-10-14-6-7-15(21-14)11-1-3-12(18)4-2-11/h1-9,19H,10H2. The SMILES string of the molecule is Fc1ccc(-c2ccc(CNc3ccc(Br)nc3)o2)cc1. The smallest absolute Gasteiger partial charge is 0.134 e. The van der Waals surface area contributed by atoms with Crippen LogP contribution >= 0.6 is 15.9 Å². The minimum absolute atomic E-state index is 0.255. The second kappa shape index (κ2) is 6.10. The summed E-state index contributed by atoms with van der Waals surface area (Å²) in [4.78, 5) is 4.14. The molecule has 0 aliphatic carbocycles. The molecule has 0 aliphatic heterocycles. The van der Waals surface area contributed by atoms with E-state index >= 15 is 0 Å². The normalized spacial score (nSPS) is 10.6. The first-order valence-corrected chi connectivity index (χ1v) is 7.20. The van der Waals surface area contributed by atoms with E-state index in [1.54, 1.807) is 18.3 Å². The van der Waals surface area contributed by atoms with Crippen molar-refractivity contribution in [3.8, 4) is 11.3 Å². The van der Waals surface area contributed by atoms with Gasteiger partial charge in [-0.1, -0.05) is 0 Å². The highest BCUT2D eigenvalue weighted by atomic mass is 79.9. The molecule has 0 fully saturated rings. The van der Waals surface area contributed by atoms with Crippen LogP contribution in [0.25, 0.3) is 11.3 Å². The molecule has 0 atom stereocenters. The van der Waals surface area contributed by atoms with Gasteiger partial charge in [-0.15, -0.1) is 0 Å². The Bertz CT molecular complexity index is 723. The van der Waals surface area contributed by atoms with E-state index in [4.69, 9.17) is 4.42 Å². The maximum Gasteiger partial charge on any atom is 0.134 e. The lowest BCUT2D eigenvalue weighted by molar-refractivity contribution is 0.531. The number of aromatic nitrogens is 1. The Morgan fingerprint density at radius 2 is 1.86 bits per heavy atom. The summed E-state index contributed by atoms with van der Waals surface area (Å²) in [6, 6.07) is 13.8. The number of hydrogen-bond acceptors (Lipinski definition) is 3. The largest absolute Gasteiger partial charge is 0.459 e. The molecule has 5 heteroatoms. The van der Waals surface area contributed by atoms with Gasteiger partial charge < -0.3 is 9.73 Å². The fourth-order valence-corrected chi connectivity index (χ4v) is 2.15. The molecule has 3 aromatic rings. The summed E-state index contributed by atoms with van der Waals surface area (Å²) in [5.41, 5.74) is 1.77. The molecule has 1 aromatic carbocycles. The highest BCUT2D eigenvalue weighted by Crippen LogP contribution is 2.23. The zero-order valence-corrected chi connectivity index (χ0v) is 12.6. The van der Waals surface area contributed by atoms with Crippen molar-refractivity contribution in [2.24, 2.45) is 0 Å². The molecule has 3 rings (SSSR count). The van der Waals surface area contributed by atoms with Crippen molar-refractivity contribution in [2.45, 2.75) is 6.54 Å². The third-order valence-corrected chi connectivity index (χ3v) is 3.45. The number of rotatable bonds is 4. The highest BCUT2D eigenvalue weighted by Gasteiger charge is 2.05. The van der Waals surface area contributed by atoms with Gasteiger partial charge in [-0.25, -0.2) is 9.37 Å².